The van der Waals surface area contributed by atoms with Crippen LogP contribution in [0.15, 0.2) is 78.9 Å². The zero-order valence-electron chi connectivity index (χ0n) is 16.2. The molecule has 5 heteroatoms. The third-order valence-corrected chi connectivity index (χ3v) is 5.08. The molecular formula is C24H22N2O3. The molecule has 1 unspecified atom stereocenters. The molecule has 0 aliphatic carbocycles. The van der Waals surface area contributed by atoms with Gasteiger partial charge in [0.2, 0.25) is 5.91 Å². The second-order valence-corrected chi connectivity index (χ2v) is 7.02. The van der Waals surface area contributed by atoms with E-state index in [1.54, 1.807) is 12.0 Å². The highest BCUT2D eigenvalue weighted by Gasteiger charge is 2.31. The van der Waals surface area contributed by atoms with E-state index in [4.69, 9.17) is 4.74 Å². The molecule has 1 aliphatic heterocycles. The van der Waals surface area contributed by atoms with Crippen LogP contribution in [-0.2, 0) is 4.79 Å². The number of hydrogen-bond acceptors (Lipinski definition) is 3. The van der Waals surface area contributed by atoms with Gasteiger partial charge in [0.1, 0.15) is 5.75 Å². The van der Waals surface area contributed by atoms with Gasteiger partial charge in [-0.3, -0.25) is 9.59 Å². The number of benzene rings is 3. The largest absolute Gasteiger partial charge is 0.497 e. The lowest BCUT2D eigenvalue weighted by atomic mass is 10.0. The van der Waals surface area contributed by atoms with Gasteiger partial charge in [-0.15, -0.1) is 0 Å². The third kappa shape index (κ3) is 4.14. The Morgan fingerprint density at radius 3 is 2.41 bits per heavy atom. The van der Waals surface area contributed by atoms with E-state index in [9.17, 15) is 9.59 Å². The summed E-state index contributed by atoms with van der Waals surface area (Å²) in [6, 6.07) is 24.7. The van der Waals surface area contributed by atoms with Crippen LogP contribution >= 0.6 is 0 Å². The maximum Gasteiger partial charge on any atom is 0.251 e. The summed E-state index contributed by atoms with van der Waals surface area (Å²) in [5, 5.41) is 2.98. The van der Waals surface area contributed by atoms with Crippen molar-refractivity contribution in [2.75, 3.05) is 18.6 Å². The highest BCUT2D eigenvalue weighted by atomic mass is 16.5. The molecule has 2 amide bonds. The Kier molecular flexibility index (Phi) is 5.29. The summed E-state index contributed by atoms with van der Waals surface area (Å²) in [7, 11) is 1.59. The number of hydrogen-bond donors (Lipinski definition) is 1. The summed E-state index contributed by atoms with van der Waals surface area (Å²) in [4.78, 5) is 26.8. The minimum atomic E-state index is -0.227. The SMILES string of the molecule is COc1cccc(N2CC(NC(=O)c3ccc(-c4ccccc4)cc3)CC2=O)c1. The van der Waals surface area contributed by atoms with E-state index < -0.39 is 0 Å². The number of anilines is 1. The lowest BCUT2D eigenvalue weighted by molar-refractivity contribution is -0.117. The van der Waals surface area contributed by atoms with E-state index in [0.717, 1.165) is 16.8 Å². The predicted octanol–water partition coefficient (Wildman–Crippen LogP) is 3.90. The molecule has 3 aromatic rings. The lowest BCUT2D eigenvalue weighted by Crippen LogP contribution is -2.37. The standard InChI is InChI=1S/C24H22N2O3/c1-29-22-9-5-8-21(15-22)26-16-20(14-23(26)27)25-24(28)19-12-10-18(11-13-19)17-6-3-2-4-7-17/h2-13,15,20H,14,16H2,1H3,(H,25,28). The molecule has 29 heavy (non-hydrogen) atoms. The summed E-state index contributed by atoms with van der Waals surface area (Å²) >= 11 is 0. The number of methoxy groups -OCH3 is 1. The van der Waals surface area contributed by atoms with Crippen LogP contribution in [0.25, 0.3) is 11.1 Å². The summed E-state index contributed by atoms with van der Waals surface area (Å²) in [6.07, 6.45) is 0.283. The molecule has 0 radical (unpaired) electrons. The first-order valence-corrected chi connectivity index (χ1v) is 9.55. The van der Waals surface area contributed by atoms with Crippen LogP contribution in [-0.4, -0.2) is 31.5 Å². The molecule has 146 valence electrons. The van der Waals surface area contributed by atoms with E-state index in [2.05, 4.69) is 5.32 Å². The van der Waals surface area contributed by atoms with Gasteiger partial charge in [-0.05, 0) is 35.4 Å². The molecule has 1 N–H and O–H groups in total. The van der Waals surface area contributed by atoms with Gasteiger partial charge < -0.3 is 15.0 Å². The summed E-state index contributed by atoms with van der Waals surface area (Å²) in [5.74, 6) is 0.513. The van der Waals surface area contributed by atoms with Gasteiger partial charge in [0.15, 0.2) is 0 Å². The van der Waals surface area contributed by atoms with Crippen molar-refractivity contribution in [1.82, 2.24) is 5.32 Å². The van der Waals surface area contributed by atoms with Crippen molar-refractivity contribution in [3.05, 3.63) is 84.4 Å². The van der Waals surface area contributed by atoms with E-state index in [-0.39, 0.29) is 24.3 Å². The van der Waals surface area contributed by atoms with Crippen LogP contribution < -0.4 is 15.0 Å². The molecule has 1 aliphatic rings. The maximum atomic E-state index is 12.6. The Hall–Kier alpha value is -3.60. The Morgan fingerprint density at radius 2 is 1.69 bits per heavy atom. The number of nitrogens with one attached hydrogen (secondary N) is 1. The second-order valence-electron chi connectivity index (χ2n) is 7.02. The second kappa shape index (κ2) is 8.19. The minimum absolute atomic E-state index is 0.0111. The van der Waals surface area contributed by atoms with Gasteiger partial charge in [-0.25, -0.2) is 0 Å². The Labute approximate surface area is 169 Å². The summed E-state index contributed by atoms with van der Waals surface area (Å²) in [5.41, 5.74) is 3.52. The molecule has 0 spiro atoms. The quantitative estimate of drug-likeness (QED) is 0.724. The fraction of sp³-hybridized carbons (Fsp3) is 0.167. The Morgan fingerprint density at radius 1 is 0.966 bits per heavy atom. The normalized spacial score (nSPS) is 16.0. The summed E-state index contributed by atoms with van der Waals surface area (Å²) in [6.45, 7) is 0.444. The van der Waals surface area contributed by atoms with Crippen LogP contribution in [0.4, 0.5) is 5.69 Å². The molecule has 0 bridgehead atoms. The van der Waals surface area contributed by atoms with E-state index >= 15 is 0 Å². The van der Waals surface area contributed by atoms with Gasteiger partial charge in [0.05, 0.1) is 13.2 Å². The molecular weight excluding hydrogens is 364 g/mol. The van der Waals surface area contributed by atoms with Crippen LogP contribution in [0.5, 0.6) is 5.75 Å². The average molecular weight is 386 g/mol. The number of carbonyl (C=O) groups excluding carboxylic acids is 2. The molecule has 0 aromatic heterocycles. The molecule has 1 atom stereocenters. The van der Waals surface area contributed by atoms with Crippen molar-refractivity contribution >= 4 is 17.5 Å². The van der Waals surface area contributed by atoms with Gasteiger partial charge in [-0.2, -0.15) is 0 Å². The molecule has 5 nitrogen and oxygen atoms in total. The monoisotopic (exact) mass is 386 g/mol. The molecule has 4 rings (SSSR count). The van der Waals surface area contributed by atoms with Crippen molar-refractivity contribution in [3.63, 3.8) is 0 Å². The van der Waals surface area contributed by atoms with Gasteiger partial charge in [-0.1, -0.05) is 48.5 Å². The van der Waals surface area contributed by atoms with E-state index in [0.29, 0.717) is 17.9 Å². The number of ether oxygens (including phenoxy) is 1. The predicted molar refractivity (Wildman–Crippen MR) is 113 cm³/mol. The fourth-order valence-corrected chi connectivity index (χ4v) is 3.55. The van der Waals surface area contributed by atoms with Gasteiger partial charge in [0, 0.05) is 30.3 Å². The smallest absolute Gasteiger partial charge is 0.251 e. The first kappa shape index (κ1) is 18.7. The highest BCUT2D eigenvalue weighted by molar-refractivity contribution is 5.99. The lowest BCUT2D eigenvalue weighted by Gasteiger charge is -2.18. The molecule has 1 fully saturated rings. The number of carbonyl (C=O) groups is 2. The maximum absolute atomic E-state index is 12.6. The number of amides is 2. The Bertz CT molecular complexity index is 1020. The number of nitrogens with zero attached hydrogens (tertiary/aromatic N) is 1. The third-order valence-electron chi connectivity index (χ3n) is 5.08. The molecule has 1 heterocycles. The van der Waals surface area contributed by atoms with Crippen molar-refractivity contribution in [2.45, 2.75) is 12.5 Å². The van der Waals surface area contributed by atoms with Gasteiger partial charge >= 0.3 is 0 Å². The van der Waals surface area contributed by atoms with Crippen LogP contribution in [0.1, 0.15) is 16.8 Å². The fourth-order valence-electron chi connectivity index (χ4n) is 3.55. The van der Waals surface area contributed by atoms with Crippen molar-refractivity contribution < 1.29 is 14.3 Å². The first-order chi connectivity index (χ1) is 14.1. The minimum Gasteiger partial charge on any atom is -0.497 e. The topological polar surface area (TPSA) is 58.6 Å². The zero-order chi connectivity index (χ0) is 20.2. The highest BCUT2D eigenvalue weighted by Crippen LogP contribution is 2.26. The first-order valence-electron chi connectivity index (χ1n) is 9.55. The summed E-state index contributed by atoms with van der Waals surface area (Å²) < 4.78 is 5.23. The Balaban J connectivity index is 1.42. The van der Waals surface area contributed by atoms with E-state index in [1.165, 1.54) is 0 Å². The van der Waals surface area contributed by atoms with Crippen molar-refractivity contribution in [2.24, 2.45) is 0 Å². The van der Waals surface area contributed by atoms with Crippen LogP contribution in [0.3, 0.4) is 0 Å². The number of rotatable bonds is 5. The van der Waals surface area contributed by atoms with Crippen LogP contribution in [0.2, 0.25) is 0 Å². The van der Waals surface area contributed by atoms with E-state index in [1.807, 2.05) is 78.9 Å². The molecule has 3 aromatic carbocycles. The zero-order valence-corrected chi connectivity index (χ0v) is 16.2. The van der Waals surface area contributed by atoms with Crippen LogP contribution in [0, 0.1) is 0 Å². The van der Waals surface area contributed by atoms with Gasteiger partial charge in [0.25, 0.3) is 5.91 Å². The molecule has 1 saturated heterocycles. The molecule has 0 saturated carbocycles. The van der Waals surface area contributed by atoms with Crippen molar-refractivity contribution in [3.8, 4) is 16.9 Å². The van der Waals surface area contributed by atoms with Crippen molar-refractivity contribution in [1.29, 1.82) is 0 Å². The average Bonchev–Trinajstić information content (AvgIpc) is 3.14.